The van der Waals surface area contributed by atoms with Crippen molar-refractivity contribution >= 4 is 7.60 Å². The normalized spacial score (nSPS) is 14.6. The van der Waals surface area contributed by atoms with Crippen molar-refractivity contribution in [3.8, 4) is 0 Å². The number of hydrogen-bond acceptors (Lipinski definition) is 5. The number of unbranched alkanes of at least 4 members (excludes halogenated alkanes) is 14. The van der Waals surface area contributed by atoms with E-state index in [2.05, 4.69) is 19.2 Å². The highest BCUT2D eigenvalue weighted by Crippen LogP contribution is 2.39. The molecule has 0 heterocycles. The summed E-state index contributed by atoms with van der Waals surface area (Å²) in [4.78, 5) is 17.0. The molecular formula is C28H64N2O6P+. The van der Waals surface area contributed by atoms with Crippen molar-refractivity contribution in [1.29, 1.82) is 0 Å². The molecule has 0 aromatic heterocycles. The summed E-state index contributed by atoms with van der Waals surface area (Å²) >= 11 is 0. The van der Waals surface area contributed by atoms with Gasteiger partial charge in [0.25, 0.3) is 0 Å². The number of quaternary nitrogens is 1. The van der Waals surface area contributed by atoms with Gasteiger partial charge in [-0.15, -0.1) is 0 Å². The average molecular weight is 556 g/mol. The second kappa shape index (κ2) is 25.0. The number of nitrogens with zero attached hydrogens (tertiary/aromatic N) is 1. The number of aliphatic hydroxyl groups excluding tert-OH is 2. The quantitative estimate of drug-likeness (QED) is 0.0613. The largest absolute Gasteiger partial charge is 0.394 e. The molecule has 3 atom stereocenters. The van der Waals surface area contributed by atoms with Gasteiger partial charge >= 0.3 is 7.60 Å². The molecule has 0 saturated carbocycles. The highest BCUT2D eigenvalue weighted by atomic mass is 31.2. The van der Waals surface area contributed by atoms with Crippen molar-refractivity contribution < 1.29 is 33.8 Å². The van der Waals surface area contributed by atoms with Crippen LogP contribution in [0.25, 0.3) is 0 Å². The van der Waals surface area contributed by atoms with Crippen LogP contribution < -0.4 is 5.32 Å². The fraction of sp³-hybridized carbons (Fsp3) is 1.00. The summed E-state index contributed by atoms with van der Waals surface area (Å²) in [5.74, 6) is -1.55. The van der Waals surface area contributed by atoms with Gasteiger partial charge in [0.2, 0.25) is 5.85 Å². The first-order chi connectivity index (χ1) is 17.4. The predicted octanol–water partition coefficient (Wildman–Crippen LogP) is 5.42. The van der Waals surface area contributed by atoms with Crippen LogP contribution in [0.3, 0.4) is 0 Å². The lowest BCUT2D eigenvalue weighted by atomic mass is 10.0. The summed E-state index contributed by atoms with van der Waals surface area (Å²) in [5, 5.41) is 21.5. The molecule has 0 aromatic carbocycles. The van der Waals surface area contributed by atoms with Gasteiger partial charge in [0.1, 0.15) is 6.54 Å². The average Bonchev–Trinajstić information content (AvgIpc) is 2.81. The number of methoxy groups -OCH3 is 1. The first kappa shape index (κ1) is 39.1. The molecule has 37 heavy (non-hydrogen) atoms. The lowest BCUT2D eigenvalue weighted by molar-refractivity contribution is -0.872. The first-order valence-corrected chi connectivity index (χ1v) is 16.5. The van der Waals surface area contributed by atoms with Crippen LogP contribution in [0.5, 0.6) is 0 Å². The lowest BCUT2D eigenvalue weighted by Crippen LogP contribution is -2.41. The maximum Gasteiger partial charge on any atom is 0.359 e. The van der Waals surface area contributed by atoms with E-state index in [0.29, 0.717) is 10.5 Å². The second-order valence-corrected chi connectivity index (χ2v) is 13.4. The summed E-state index contributed by atoms with van der Waals surface area (Å²) in [7, 11) is 2.59. The molecule has 0 bridgehead atoms. The highest BCUT2D eigenvalue weighted by Gasteiger charge is 2.31. The second-order valence-electron chi connectivity index (χ2n) is 11.6. The molecule has 0 saturated heterocycles. The summed E-state index contributed by atoms with van der Waals surface area (Å²) in [6.45, 7) is 5.40. The van der Waals surface area contributed by atoms with E-state index in [9.17, 15) is 4.57 Å². The van der Waals surface area contributed by atoms with Gasteiger partial charge in [0, 0.05) is 19.7 Å². The van der Waals surface area contributed by atoms with E-state index in [1.165, 1.54) is 103 Å². The Morgan fingerprint density at radius 2 is 1.22 bits per heavy atom. The fourth-order valence-corrected chi connectivity index (χ4v) is 4.78. The summed E-state index contributed by atoms with van der Waals surface area (Å²) in [6, 6.07) is 0.515. The van der Waals surface area contributed by atoms with Gasteiger partial charge < -0.3 is 34.5 Å². The van der Waals surface area contributed by atoms with Gasteiger partial charge in [0.15, 0.2) is 0 Å². The van der Waals surface area contributed by atoms with E-state index >= 15 is 0 Å². The molecular weight excluding hydrogens is 491 g/mol. The van der Waals surface area contributed by atoms with Crippen LogP contribution in [0.4, 0.5) is 0 Å². The number of likely N-dealkylation sites (N-methyl/N-ethyl adjacent to an activating group) is 1. The molecule has 0 amide bonds. The molecule has 3 unspecified atom stereocenters. The Balaban J connectivity index is 0. The van der Waals surface area contributed by atoms with Gasteiger partial charge in [-0.05, 0) is 13.3 Å². The van der Waals surface area contributed by atoms with E-state index in [1.807, 2.05) is 0 Å². The Kier molecular flexibility index (Phi) is 26.4. The minimum absolute atomic E-state index is 0.0459. The van der Waals surface area contributed by atoms with Crippen LogP contribution in [0.2, 0.25) is 0 Å². The zero-order valence-electron chi connectivity index (χ0n) is 25.2. The Hall–Kier alpha value is -0.0500. The van der Waals surface area contributed by atoms with E-state index in [1.54, 1.807) is 28.3 Å². The molecule has 0 radical (unpaired) electrons. The van der Waals surface area contributed by atoms with Gasteiger partial charge in [-0.2, -0.15) is 0 Å². The Morgan fingerprint density at radius 3 is 1.51 bits per heavy atom. The summed E-state index contributed by atoms with van der Waals surface area (Å²) < 4.78 is 15.9. The third-order valence-corrected chi connectivity index (χ3v) is 7.51. The van der Waals surface area contributed by atoms with E-state index < -0.39 is 13.4 Å². The van der Waals surface area contributed by atoms with Gasteiger partial charge in [-0.1, -0.05) is 103 Å². The highest BCUT2D eigenvalue weighted by molar-refractivity contribution is 7.52. The van der Waals surface area contributed by atoms with E-state index in [4.69, 9.17) is 24.7 Å². The standard InChI is InChI=1S/C23H49NO2.C5H14NO4P/c1-4-5-6-7-8-9-10-11-12-13-14-15-16-17-18-19-22(2)24-20-23(21-25)26-3;1-6(2,3)4-5(7)11(8,9)10/h22-25H,4-21H2,1-3H3;5,7H,4H2,1-3H3,(H-,8,9,10)/p+1. The fourth-order valence-electron chi connectivity index (χ4n) is 4.08. The maximum atomic E-state index is 10.4. The van der Waals surface area contributed by atoms with Crippen LogP contribution >= 0.6 is 7.60 Å². The van der Waals surface area contributed by atoms with Crippen molar-refractivity contribution in [3.63, 3.8) is 0 Å². The van der Waals surface area contributed by atoms with Crippen LogP contribution in [0.15, 0.2) is 0 Å². The Bertz CT molecular complexity index is 523. The molecule has 0 aliphatic heterocycles. The summed E-state index contributed by atoms with van der Waals surface area (Å²) in [5.41, 5.74) is 0. The van der Waals surface area contributed by atoms with E-state index in [-0.39, 0.29) is 19.3 Å². The minimum atomic E-state index is -4.31. The molecule has 0 fully saturated rings. The molecule has 0 aromatic rings. The van der Waals surface area contributed by atoms with Gasteiger partial charge in [0.05, 0.1) is 33.9 Å². The topological polar surface area (TPSA) is 119 Å². The van der Waals surface area contributed by atoms with Crippen LogP contribution in [-0.2, 0) is 9.30 Å². The van der Waals surface area contributed by atoms with Gasteiger partial charge in [-0.25, -0.2) is 0 Å². The summed E-state index contributed by atoms with van der Waals surface area (Å²) in [6.07, 6.45) is 22.4. The van der Waals surface area contributed by atoms with Crippen LogP contribution in [0.1, 0.15) is 117 Å². The van der Waals surface area contributed by atoms with Crippen molar-refractivity contribution in [3.05, 3.63) is 0 Å². The van der Waals surface area contributed by atoms with Crippen molar-refractivity contribution in [2.75, 3.05) is 47.9 Å². The number of rotatable bonds is 24. The SMILES string of the molecule is CCCCCCCCCCCCCCCCCC(C)NCC(CO)OC.C[N+](C)(C)CC(O)P(=O)(O)O. The smallest absolute Gasteiger partial charge is 0.359 e. The molecule has 8 nitrogen and oxygen atoms in total. The van der Waals surface area contributed by atoms with Crippen LogP contribution in [0, 0.1) is 0 Å². The molecule has 0 aliphatic rings. The van der Waals surface area contributed by atoms with Crippen molar-refractivity contribution in [2.45, 2.75) is 135 Å². The predicted molar refractivity (Wildman–Crippen MR) is 156 cm³/mol. The number of ether oxygens (including phenoxy) is 1. The maximum absolute atomic E-state index is 10.4. The Morgan fingerprint density at radius 1 is 0.811 bits per heavy atom. The van der Waals surface area contributed by atoms with Crippen molar-refractivity contribution in [1.82, 2.24) is 5.32 Å². The minimum Gasteiger partial charge on any atom is -0.394 e. The third-order valence-electron chi connectivity index (χ3n) is 6.57. The zero-order chi connectivity index (χ0) is 28.6. The molecule has 0 rings (SSSR count). The van der Waals surface area contributed by atoms with E-state index in [0.717, 1.165) is 6.54 Å². The lowest BCUT2D eigenvalue weighted by Gasteiger charge is -2.26. The number of hydrogen-bond donors (Lipinski definition) is 5. The van der Waals surface area contributed by atoms with Crippen LogP contribution in [-0.4, -0.2) is 90.4 Å². The van der Waals surface area contributed by atoms with Gasteiger partial charge in [-0.3, -0.25) is 4.57 Å². The third kappa shape index (κ3) is 30.3. The molecule has 0 aliphatic carbocycles. The molecule has 9 heteroatoms. The van der Waals surface area contributed by atoms with Crippen molar-refractivity contribution in [2.24, 2.45) is 0 Å². The molecule has 226 valence electrons. The monoisotopic (exact) mass is 555 g/mol. The molecule has 0 spiro atoms. The zero-order valence-corrected chi connectivity index (χ0v) is 26.1. The number of aliphatic hydroxyl groups is 2. The Labute approximate surface area is 229 Å². The first-order valence-electron chi connectivity index (χ1n) is 14.8. The molecule has 5 N–H and O–H groups in total. The number of nitrogens with one attached hydrogen (secondary N) is 1.